The third-order valence-electron chi connectivity index (χ3n) is 2.28. The molecule has 1 unspecified atom stereocenters. The highest BCUT2D eigenvalue weighted by Gasteiger charge is 2.50. The number of hydrogen-bond acceptors (Lipinski definition) is 4. The molecular formula is C9H15F2NO3. The lowest BCUT2D eigenvalue weighted by Gasteiger charge is -2.17. The van der Waals surface area contributed by atoms with Gasteiger partial charge < -0.3 is 9.47 Å². The minimum atomic E-state index is -2.98. The fourth-order valence-electron chi connectivity index (χ4n) is 1.46. The summed E-state index contributed by atoms with van der Waals surface area (Å²) in [6, 6.07) is 0. The summed E-state index contributed by atoms with van der Waals surface area (Å²) < 4.78 is 35.5. The second kappa shape index (κ2) is 4.74. The maximum atomic E-state index is 13.3. The number of rotatable bonds is 3. The van der Waals surface area contributed by atoms with Crippen LogP contribution in [0.2, 0.25) is 0 Å². The molecule has 0 N–H and O–H groups in total. The molecule has 15 heavy (non-hydrogen) atoms. The molecule has 0 aliphatic carbocycles. The van der Waals surface area contributed by atoms with Crippen molar-refractivity contribution in [2.45, 2.75) is 25.9 Å². The molecule has 0 saturated carbocycles. The van der Waals surface area contributed by atoms with E-state index in [0.29, 0.717) is 6.54 Å². The van der Waals surface area contributed by atoms with Crippen molar-refractivity contribution in [3.05, 3.63) is 0 Å². The molecule has 1 aliphatic heterocycles. The summed E-state index contributed by atoms with van der Waals surface area (Å²) in [5.41, 5.74) is 0. The van der Waals surface area contributed by atoms with Crippen LogP contribution in [0.5, 0.6) is 0 Å². The van der Waals surface area contributed by atoms with Crippen LogP contribution in [-0.4, -0.2) is 49.3 Å². The highest BCUT2D eigenvalue weighted by Crippen LogP contribution is 2.29. The predicted molar refractivity (Wildman–Crippen MR) is 49.0 cm³/mol. The molecule has 1 rings (SSSR count). The van der Waals surface area contributed by atoms with Crippen molar-refractivity contribution in [3.8, 4) is 0 Å². The van der Waals surface area contributed by atoms with Gasteiger partial charge in [0.2, 0.25) is 0 Å². The summed E-state index contributed by atoms with van der Waals surface area (Å²) in [7, 11) is 0. The van der Waals surface area contributed by atoms with Crippen molar-refractivity contribution in [1.29, 1.82) is 0 Å². The monoisotopic (exact) mass is 223 g/mol. The van der Waals surface area contributed by atoms with Crippen LogP contribution in [0.4, 0.5) is 13.6 Å². The average Bonchev–Trinajstić information content (AvgIpc) is 2.42. The third kappa shape index (κ3) is 3.02. The third-order valence-corrected chi connectivity index (χ3v) is 2.28. The predicted octanol–water partition coefficient (Wildman–Crippen LogP) is 1.50. The summed E-state index contributed by atoms with van der Waals surface area (Å²) in [6.45, 7) is 3.69. The lowest BCUT2D eigenvalue weighted by Crippen LogP contribution is -2.36. The van der Waals surface area contributed by atoms with E-state index >= 15 is 0 Å². The number of likely N-dealkylation sites (N-methyl/N-ethyl adjacent to an activating group) is 1. The molecule has 1 saturated heterocycles. The van der Waals surface area contributed by atoms with Gasteiger partial charge in [0.1, 0.15) is 0 Å². The zero-order valence-corrected chi connectivity index (χ0v) is 8.83. The van der Waals surface area contributed by atoms with E-state index in [1.807, 2.05) is 0 Å². The van der Waals surface area contributed by atoms with Gasteiger partial charge in [-0.15, -0.1) is 0 Å². The number of hydrogen-bond donors (Lipinski definition) is 0. The van der Waals surface area contributed by atoms with Crippen molar-refractivity contribution in [3.63, 3.8) is 0 Å². The Kier molecular flexibility index (Phi) is 3.84. The van der Waals surface area contributed by atoms with E-state index in [2.05, 4.69) is 9.47 Å². The smallest absolute Gasteiger partial charge is 0.435 e. The maximum absolute atomic E-state index is 13.3. The van der Waals surface area contributed by atoms with E-state index in [1.165, 1.54) is 4.90 Å². The minimum Gasteiger partial charge on any atom is -0.435 e. The Balaban J connectivity index is 2.50. The Morgan fingerprint density at radius 2 is 2.20 bits per heavy atom. The fraction of sp³-hybridized carbons (Fsp3) is 0.889. The zero-order chi connectivity index (χ0) is 11.5. The van der Waals surface area contributed by atoms with Crippen LogP contribution >= 0.6 is 0 Å². The molecule has 1 heterocycles. The average molecular weight is 223 g/mol. The number of nitrogens with zero attached hydrogens (tertiary/aromatic N) is 1. The lowest BCUT2D eigenvalue weighted by molar-refractivity contribution is -0.0922. The number of halogens is 2. The van der Waals surface area contributed by atoms with Gasteiger partial charge in [-0.3, -0.25) is 4.90 Å². The SMILES string of the molecule is CCOC(=O)OC1CN(CC)CC1(F)F. The molecule has 4 nitrogen and oxygen atoms in total. The van der Waals surface area contributed by atoms with E-state index < -0.39 is 18.2 Å². The van der Waals surface area contributed by atoms with Crippen LogP contribution in [0.25, 0.3) is 0 Å². The molecule has 0 aromatic carbocycles. The van der Waals surface area contributed by atoms with Gasteiger partial charge in [0.05, 0.1) is 13.2 Å². The van der Waals surface area contributed by atoms with Gasteiger partial charge in [-0.2, -0.15) is 0 Å². The minimum absolute atomic E-state index is 0.0579. The first-order valence-electron chi connectivity index (χ1n) is 4.93. The molecule has 1 atom stereocenters. The number of alkyl halides is 2. The largest absolute Gasteiger partial charge is 0.508 e. The Morgan fingerprint density at radius 1 is 1.53 bits per heavy atom. The molecule has 0 aromatic rings. The number of carbonyl (C=O) groups is 1. The molecule has 1 fully saturated rings. The Bertz CT molecular complexity index is 235. The molecule has 0 radical (unpaired) electrons. The van der Waals surface area contributed by atoms with E-state index in [0.717, 1.165) is 0 Å². The second-order valence-corrected chi connectivity index (χ2v) is 3.38. The van der Waals surface area contributed by atoms with Gasteiger partial charge in [-0.05, 0) is 13.5 Å². The van der Waals surface area contributed by atoms with Crippen LogP contribution in [-0.2, 0) is 9.47 Å². The van der Waals surface area contributed by atoms with Gasteiger partial charge in [0, 0.05) is 6.54 Å². The van der Waals surface area contributed by atoms with Crippen LogP contribution < -0.4 is 0 Å². The lowest BCUT2D eigenvalue weighted by atomic mass is 10.2. The highest BCUT2D eigenvalue weighted by molar-refractivity contribution is 5.60. The molecule has 1 aliphatic rings. The summed E-state index contributed by atoms with van der Waals surface area (Å²) in [5.74, 6) is -2.98. The van der Waals surface area contributed by atoms with Gasteiger partial charge in [-0.25, -0.2) is 13.6 Å². The normalized spacial score (nSPS) is 25.2. The number of likely N-dealkylation sites (tertiary alicyclic amines) is 1. The standard InChI is InChI=1S/C9H15F2NO3/c1-3-12-5-7(9(10,11)6-12)15-8(13)14-4-2/h7H,3-6H2,1-2H3. The van der Waals surface area contributed by atoms with Crippen LogP contribution in [0.15, 0.2) is 0 Å². The Labute approximate surface area is 87.1 Å². The summed E-state index contributed by atoms with van der Waals surface area (Å²) in [5, 5.41) is 0. The van der Waals surface area contributed by atoms with Crippen LogP contribution in [0.1, 0.15) is 13.8 Å². The number of carbonyl (C=O) groups excluding carboxylic acids is 1. The summed E-state index contributed by atoms with van der Waals surface area (Å²) in [4.78, 5) is 12.4. The molecule has 88 valence electrons. The molecule has 0 bridgehead atoms. The topological polar surface area (TPSA) is 38.8 Å². The van der Waals surface area contributed by atoms with Crippen LogP contribution in [0.3, 0.4) is 0 Å². The molecular weight excluding hydrogens is 208 g/mol. The summed E-state index contributed by atoms with van der Waals surface area (Å²) >= 11 is 0. The molecule has 6 heteroatoms. The van der Waals surface area contributed by atoms with Gasteiger partial charge in [-0.1, -0.05) is 6.92 Å². The van der Waals surface area contributed by atoms with E-state index in [4.69, 9.17) is 0 Å². The van der Waals surface area contributed by atoms with Crippen molar-refractivity contribution < 1.29 is 23.0 Å². The maximum Gasteiger partial charge on any atom is 0.508 e. The molecule has 0 amide bonds. The second-order valence-electron chi connectivity index (χ2n) is 3.38. The quantitative estimate of drug-likeness (QED) is 0.680. The van der Waals surface area contributed by atoms with E-state index in [1.54, 1.807) is 13.8 Å². The van der Waals surface area contributed by atoms with Crippen molar-refractivity contribution in [1.82, 2.24) is 4.90 Å². The van der Waals surface area contributed by atoms with Gasteiger partial charge in [0.15, 0.2) is 6.10 Å². The first kappa shape index (κ1) is 12.2. The Morgan fingerprint density at radius 3 is 2.67 bits per heavy atom. The fourth-order valence-corrected chi connectivity index (χ4v) is 1.46. The first-order chi connectivity index (χ1) is 6.99. The highest BCUT2D eigenvalue weighted by atomic mass is 19.3. The van der Waals surface area contributed by atoms with E-state index in [-0.39, 0.29) is 19.7 Å². The van der Waals surface area contributed by atoms with Crippen molar-refractivity contribution in [2.75, 3.05) is 26.2 Å². The van der Waals surface area contributed by atoms with E-state index in [9.17, 15) is 13.6 Å². The van der Waals surface area contributed by atoms with Gasteiger partial charge in [0.25, 0.3) is 5.92 Å². The Hall–Kier alpha value is -0.910. The summed E-state index contributed by atoms with van der Waals surface area (Å²) in [6.07, 6.45) is -2.42. The first-order valence-corrected chi connectivity index (χ1v) is 4.93. The zero-order valence-electron chi connectivity index (χ0n) is 8.83. The number of ether oxygens (including phenoxy) is 2. The van der Waals surface area contributed by atoms with Gasteiger partial charge >= 0.3 is 6.16 Å². The van der Waals surface area contributed by atoms with Crippen molar-refractivity contribution >= 4 is 6.16 Å². The molecule has 0 spiro atoms. The van der Waals surface area contributed by atoms with Crippen LogP contribution in [0, 0.1) is 0 Å². The molecule has 0 aromatic heterocycles. The van der Waals surface area contributed by atoms with Crippen molar-refractivity contribution in [2.24, 2.45) is 0 Å².